The fourth-order valence-corrected chi connectivity index (χ4v) is 1.90. The van der Waals surface area contributed by atoms with Crippen LogP contribution in [0.3, 0.4) is 0 Å². The van der Waals surface area contributed by atoms with Crippen LogP contribution < -0.4 is 5.32 Å². The predicted octanol–water partition coefficient (Wildman–Crippen LogP) is 0.744. The average Bonchev–Trinajstić information content (AvgIpc) is 2.64. The highest BCUT2D eigenvalue weighted by Gasteiger charge is 2.26. The van der Waals surface area contributed by atoms with Gasteiger partial charge in [-0.1, -0.05) is 13.8 Å². The third-order valence-corrected chi connectivity index (χ3v) is 2.88. The van der Waals surface area contributed by atoms with Gasteiger partial charge in [0.1, 0.15) is 6.04 Å². The predicted molar refractivity (Wildman–Crippen MR) is 64.2 cm³/mol. The number of hydrogen-bond acceptors (Lipinski definition) is 4. The minimum Gasteiger partial charge on any atom is -0.465 e. The van der Waals surface area contributed by atoms with Crippen LogP contribution in [0.2, 0.25) is 0 Å². The Kier molecular flexibility index (Phi) is 5.41. The number of likely N-dealkylation sites (tertiary alicyclic amines) is 1. The van der Waals surface area contributed by atoms with Crippen molar-refractivity contribution in [3.63, 3.8) is 0 Å². The Bertz CT molecular complexity index is 279. The van der Waals surface area contributed by atoms with E-state index >= 15 is 0 Å². The second-order valence-electron chi connectivity index (χ2n) is 4.60. The van der Waals surface area contributed by atoms with Crippen molar-refractivity contribution in [2.24, 2.45) is 5.92 Å². The largest absolute Gasteiger partial charge is 0.465 e. The number of hydrogen-bond donors (Lipinski definition) is 1. The molecule has 0 unspecified atom stereocenters. The van der Waals surface area contributed by atoms with E-state index in [1.165, 1.54) is 0 Å². The minimum atomic E-state index is -0.344. The summed E-state index contributed by atoms with van der Waals surface area (Å²) in [7, 11) is 0. The molecule has 1 atom stereocenters. The molecule has 0 aromatic carbocycles. The number of esters is 1. The summed E-state index contributed by atoms with van der Waals surface area (Å²) < 4.78 is 5.00. The van der Waals surface area contributed by atoms with Gasteiger partial charge < -0.3 is 9.64 Å². The van der Waals surface area contributed by atoms with Gasteiger partial charge in [0.25, 0.3) is 0 Å². The van der Waals surface area contributed by atoms with Crippen molar-refractivity contribution < 1.29 is 14.3 Å². The molecule has 5 nitrogen and oxygen atoms in total. The summed E-state index contributed by atoms with van der Waals surface area (Å²) in [5.41, 5.74) is 0. The molecular formula is C12H22N2O3. The zero-order valence-corrected chi connectivity index (χ0v) is 10.9. The first kappa shape index (κ1) is 14.0. The van der Waals surface area contributed by atoms with E-state index in [9.17, 15) is 9.59 Å². The Hall–Kier alpha value is -1.10. The Morgan fingerprint density at radius 1 is 1.53 bits per heavy atom. The van der Waals surface area contributed by atoms with Crippen molar-refractivity contribution in [1.82, 2.24) is 10.2 Å². The lowest BCUT2D eigenvalue weighted by Crippen LogP contribution is -2.47. The van der Waals surface area contributed by atoms with Gasteiger partial charge in [0, 0.05) is 13.0 Å². The maximum Gasteiger partial charge on any atom is 0.323 e. The van der Waals surface area contributed by atoms with Crippen molar-refractivity contribution in [2.45, 2.75) is 39.7 Å². The Labute approximate surface area is 102 Å². The van der Waals surface area contributed by atoms with Gasteiger partial charge in [0.05, 0.1) is 13.3 Å². The van der Waals surface area contributed by atoms with Crippen LogP contribution in [-0.2, 0) is 14.3 Å². The first-order valence-electron chi connectivity index (χ1n) is 6.24. The summed E-state index contributed by atoms with van der Waals surface area (Å²) in [4.78, 5) is 24.8. The summed E-state index contributed by atoms with van der Waals surface area (Å²) in [6, 6.07) is -0.344. The summed E-state index contributed by atoms with van der Waals surface area (Å²) in [5.74, 6) is 0.0600. The second kappa shape index (κ2) is 6.59. The fraction of sp³-hybridized carbons (Fsp3) is 0.833. The van der Waals surface area contributed by atoms with Crippen molar-refractivity contribution >= 4 is 11.9 Å². The molecule has 0 aromatic rings. The highest BCUT2D eigenvalue weighted by Crippen LogP contribution is 2.09. The molecule has 5 heteroatoms. The van der Waals surface area contributed by atoms with Gasteiger partial charge in [0.15, 0.2) is 0 Å². The highest BCUT2D eigenvalue weighted by atomic mass is 16.5. The van der Waals surface area contributed by atoms with Gasteiger partial charge >= 0.3 is 5.97 Å². The third kappa shape index (κ3) is 4.00. The first-order valence-corrected chi connectivity index (χ1v) is 6.24. The van der Waals surface area contributed by atoms with Crippen molar-refractivity contribution in [2.75, 3.05) is 19.8 Å². The molecule has 1 amide bonds. The third-order valence-electron chi connectivity index (χ3n) is 2.88. The fourth-order valence-electron chi connectivity index (χ4n) is 1.90. The average molecular weight is 242 g/mol. The molecule has 1 fully saturated rings. The number of nitrogens with zero attached hydrogens (tertiary/aromatic N) is 1. The van der Waals surface area contributed by atoms with Crippen LogP contribution in [0.1, 0.15) is 33.6 Å². The van der Waals surface area contributed by atoms with Gasteiger partial charge in [-0.3, -0.25) is 14.9 Å². The summed E-state index contributed by atoms with van der Waals surface area (Å²) in [6.45, 7) is 7.30. The quantitative estimate of drug-likeness (QED) is 0.698. The van der Waals surface area contributed by atoms with Crippen LogP contribution in [0, 0.1) is 5.92 Å². The number of rotatable bonds is 6. The molecule has 0 saturated carbocycles. The monoisotopic (exact) mass is 242 g/mol. The van der Waals surface area contributed by atoms with Crippen LogP contribution in [0.4, 0.5) is 0 Å². The minimum absolute atomic E-state index is 0.145. The van der Waals surface area contributed by atoms with Crippen LogP contribution in [0.25, 0.3) is 0 Å². The Morgan fingerprint density at radius 2 is 2.24 bits per heavy atom. The van der Waals surface area contributed by atoms with Crippen molar-refractivity contribution in [3.8, 4) is 0 Å². The van der Waals surface area contributed by atoms with E-state index in [1.807, 2.05) is 13.8 Å². The molecule has 0 aromatic heterocycles. The smallest absolute Gasteiger partial charge is 0.323 e. The van der Waals surface area contributed by atoms with Gasteiger partial charge in [-0.15, -0.1) is 0 Å². The van der Waals surface area contributed by atoms with E-state index in [0.29, 0.717) is 19.7 Å². The molecule has 1 heterocycles. The molecule has 1 saturated heterocycles. The molecule has 1 aliphatic heterocycles. The van der Waals surface area contributed by atoms with E-state index in [1.54, 1.807) is 11.8 Å². The topological polar surface area (TPSA) is 58.6 Å². The van der Waals surface area contributed by atoms with E-state index in [-0.39, 0.29) is 23.8 Å². The zero-order chi connectivity index (χ0) is 12.8. The lowest BCUT2D eigenvalue weighted by Gasteiger charge is -2.24. The lowest BCUT2D eigenvalue weighted by molar-refractivity contribution is -0.147. The maximum atomic E-state index is 11.7. The molecule has 1 aliphatic rings. The number of carbonyl (C=O) groups is 2. The van der Waals surface area contributed by atoms with Crippen LogP contribution in [-0.4, -0.2) is 42.6 Å². The molecule has 1 rings (SSSR count). The van der Waals surface area contributed by atoms with Crippen LogP contribution in [0.15, 0.2) is 0 Å². The molecule has 0 spiro atoms. The Morgan fingerprint density at radius 3 is 2.71 bits per heavy atom. The van der Waals surface area contributed by atoms with Crippen LogP contribution in [0.5, 0.6) is 0 Å². The molecule has 17 heavy (non-hydrogen) atoms. The standard InChI is InChI=1S/C12H22N2O3/c1-4-17-12(16)11(9(2)3)13-8-14-7-5-6-10(14)15/h9,11,13H,4-8H2,1-3H3/t11-/m0/s1. The number of amides is 1. The number of nitrogens with one attached hydrogen (secondary N) is 1. The van der Waals surface area contributed by atoms with E-state index in [2.05, 4.69) is 5.32 Å². The van der Waals surface area contributed by atoms with Gasteiger partial charge in [-0.2, -0.15) is 0 Å². The van der Waals surface area contributed by atoms with Crippen molar-refractivity contribution in [3.05, 3.63) is 0 Å². The normalized spacial score (nSPS) is 17.6. The molecule has 1 N–H and O–H groups in total. The Balaban J connectivity index is 2.44. The van der Waals surface area contributed by atoms with Gasteiger partial charge in [0.2, 0.25) is 5.91 Å². The summed E-state index contributed by atoms with van der Waals surface area (Å²) in [5, 5.41) is 3.11. The summed E-state index contributed by atoms with van der Waals surface area (Å²) in [6.07, 6.45) is 1.53. The van der Waals surface area contributed by atoms with Crippen molar-refractivity contribution in [1.29, 1.82) is 0 Å². The SMILES string of the molecule is CCOC(=O)[C@@H](NCN1CCCC1=O)C(C)C. The second-order valence-corrected chi connectivity index (χ2v) is 4.60. The van der Waals surface area contributed by atoms with E-state index in [0.717, 1.165) is 13.0 Å². The molecule has 98 valence electrons. The highest BCUT2D eigenvalue weighted by molar-refractivity contribution is 5.78. The van der Waals surface area contributed by atoms with Crippen LogP contribution >= 0.6 is 0 Å². The molecule has 0 aliphatic carbocycles. The van der Waals surface area contributed by atoms with Gasteiger partial charge in [-0.05, 0) is 19.3 Å². The molecule has 0 radical (unpaired) electrons. The lowest BCUT2D eigenvalue weighted by atomic mass is 10.1. The van der Waals surface area contributed by atoms with Gasteiger partial charge in [-0.25, -0.2) is 0 Å². The zero-order valence-electron chi connectivity index (χ0n) is 10.9. The molecule has 0 bridgehead atoms. The van der Waals surface area contributed by atoms with E-state index < -0.39 is 0 Å². The van der Waals surface area contributed by atoms with E-state index in [4.69, 9.17) is 4.74 Å². The number of carbonyl (C=O) groups excluding carboxylic acids is 2. The summed E-state index contributed by atoms with van der Waals surface area (Å²) >= 11 is 0. The first-order chi connectivity index (χ1) is 8.06. The maximum absolute atomic E-state index is 11.7. The molecular weight excluding hydrogens is 220 g/mol. The number of ether oxygens (including phenoxy) is 1.